The highest BCUT2D eigenvalue weighted by Crippen LogP contribution is 2.26. The summed E-state index contributed by atoms with van der Waals surface area (Å²) in [6.07, 6.45) is 0.249. The summed E-state index contributed by atoms with van der Waals surface area (Å²) in [7, 11) is 1.56. The number of aryl methyl sites for hydroxylation is 1. The van der Waals surface area contributed by atoms with E-state index >= 15 is 0 Å². The van der Waals surface area contributed by atoms with E-state index in [1.54, 1.807) is 25.5 Å². The maximum absolute atomic E-state index is 13.0. The summed E-state index contributed by atoms with van der Waals surface area (Å²) in [6.45, 7) is 11.6. The smallest absolute Gasteiger partial charge is 0.332 e. The molecule has 1 atom stereocenters. The van der Waals surface area contributed by atoms with Gasteiger partial charge in [0.1, 0.15) is 4.83 Å². The average molecular weight is 427 g/mol. The molecule has 0 aliphatic carbocycles. The lowest BCUT2D eigenvalue weighted by molar-refractivity contribution is -0.181. The molecule has 0 spiro atoms. The molecule has 2 rings (SSSR count). The fraction of sp³-hybridized carbons (Fsp3) is 0.632. The molecule has 2 heterocycles. The Morgan fingerprint density at radius 1 is 1.31 bits per heavy atom. The average Bonchev–Trinajstić information content (AvgIpc) is 2.90. The number of aliphatic hydroxyl groups is 1. The van der Waals surface area contributed by atoms with Crippen LogP contribution < -0.4 is 16.7 Å². The number of aliphatic hydroxyl groups excluding tert-OH is 1. The second kappa shape index (κ2) is 9.21. The first kappa shape index (κ1) is 23.3. The number of hydrogen-bond acceptors (Lipinski definition) is 8. The van der Waals surface area contributed by atoms with E-state index in [1.165, 1.54) is 22.1 Å². The Bertz CT molecular complexity index is 997. The molecule has 1 unspecified atom stereocenters. The minimum absolute atomic E-state index is 0.268. The van der Waals surface area contributed by atoms with Crippen molar-refractivity contribution >= 4 is 27.8 Å². The molecule has 0 aliphatic rings. The molecule has 0 bridgehead atoms. The minimum atomic E-state index is -1.26. The van der Waals surface area contributed by atoms with Gasteiger partial charge in [0.05, 0.1) is 35.2 Å². The first-order valence-electron chi connectivity index (χ1n) is 9.39. The van der Waals surface area contributed by atoms with Gasteiger partial charge in [0.2, 0.25) is 0 Å². The first-order valence-corrected chi connectivity index (χ1v) is 10.2. The van der Waals surface area contributed by atoms with Crippen molar-refractivity contribution in [1.82, 2.24) is 14.6 Å². The number of nitrogens with zero attached hydrogens (tertiary/aromatic N) is 3. The lowest BCUT2D eigenvalue weighted by atomic mass is 10.2. The van der Waals surface area contributed by atoms with E-state index in [-0.39, 0.29) is 17.3 Å². The van der Waals surface area contributed by atoms with Gasteiger partial charge in [0, 0.05) is 13.2 Å². The van der Waals surface area contributed by atoms with Crippen LogP contribution in [-0.2, 0) is 16.0 Å². The van der Waals surface area contributed by atoms with Crippen LogP contribution in [0.5, 0.6) is 0 Å². The van der Waals surface area contributed by atoms with E-state index in [2.05, 4.69) is 10.5 Å². The molecule has 0 fully saturated rings. The van der Waals surface area contributed by atoms with Crippen molar-refractivity contribution in [3.05, 3.63) is 31.3 Å². The molecule has 29 heavy (non-hydrogen) atoms. The van der Waals surface area contributed by atoms with E-state index in [1.807, 2.05) is 27.7 Å². The molecule has 0 saturated carbocycles. The molecule has 0 aromatic carbocycles. The molecule has 9 nitrogen and oxygen atoms in total. The van der Waals surface area contributed by atoms with Crippen molar-refractivity contribution in [2.24, 2.45) is 5.10 Å². The maximum Gasteiger partial charge on any atom is 0.332 e. The van der Waals surface area contributed by atoms with Crippen molar-refractivity contribution in [3.8, 4) is 0 Å². The number of aromatic nitrogens is 2. The van der Waals surface area contributed by atoms with Gasteiger partial charge < -0.3 is 14.6 Å². The highest BCUT2D eigenvalue weighted by molar-refractivity contribution is 7.20. The number of ether oxygens (including phenoxy) is 2. The van der Waals surface area contributed by atoms with Crippen molar-refractivity contribution in [1.29, 1.82) is 0 Å². The van der Waals surface area contributed by atoms with Crippen LogP contribution in [0, 0.1) is 6.92 Å². The monoisotopic (exact) mass is 426 g/mol. The summed E-state index contributed by atoms with van der Waals surface area (Å²) >= 11 is 1.30. The standard InChI is InChI=1S/C19H30N4O5S/c1-11(2)23-15(24)14-12(3)13(10-20-21-17(25)28-19(4,5)6)29-16(14)22(18(23)26)8-9-27-7/h10-11,17,21,25H,8-9H2,1-7H3/b20-10+. The fourth-order valence-electron chi connectivity index (χ4n) is 2.86. The molecule has 0 saturated heterocycles. The molecule has 2 aromatic heterocycles. The van der Waals surface area contributed by atoms with Crippen LogP contribution in [0.15, 0.2) is 14.7 Å². The van der Waals surface area contributed by atoms with Crippen molar-refractivity contribution in [3.63, 3.8) is 0 Å². The Hall–Kier alpha value is -2.01. The van der Waals surface area contributed by atoms with Crippen LogP contribution in [0.3, 0.4) is 0 Å². The van der Waals surface area contributed by atoms with Gasteiger partial charge in [-0.05, 0) is 47.1 Å². The third kappa shape index (κ3) is 5.33. The number of hydrazone groups is 1. The highest BCUT2D eigenvalue weighted by atomic mass is 32.1. The zero-order valence-corrected chi connectivity index (χ0v) is 18.8. The van der Waals surface area contributed by atoms with Crippen LogP contribution in [0.1, 0.15) is 51.1 Å². The summed E-state index contributed by atoms with van der Waals surface area (Å²) in [5.41, 5.74) is 2.03. The van der Waals surface area contributed by atoms with Gasteiger partial charge in [-0.25, -0.2) is 4.79 Å². The van der Waals surface area contributed by atoms with Gasteiger partial charge in [0.15, 0.2) is 0 Å². The summed E-state index contributed by atoms with van der Waals surface area (Å²) < 4.78 is 13.3. The van der Waals surface area contributed by atoms with Gasteiger partial charge in [-0.1, -0.05) is 0 Å². The lowest BCUT2D eigenvalue weighted by Gasteiger charge is -2.23. The van der Waals surface area contributed by atoms with Gasteiger partial charge in [0.25, 0.3) is 12.0 Å². The predicted molar refractivity (Wildman–Crippen MR) is 115 cm³/mol. The highest BCUT2D eigenvalue weighted by Gasteiger charge is 2.21. The van der Waals surface area contributed by atoms with Gasteiger partial charge >= 0.3 is 5.69 Å². The normalized spacial score (nSPS) is 13.7. The Labute approximate surface area is 173 Å². The van der Waals surface area contributed by atoms with E-state index in [4.69, 9.17) is 9.47 Å². The SMILES string of the molecule is COCCn1c(=O)n(C(C)C)c(=O)c2c(C)c(/C=N/NC(O)OC(C)(C)C)sc21. The zero-order chi connectivity index (χ0) is 21.9. The number of rotatable bonds is 8. The summed E-state index contributed by atoms with van der Waals surface area (Å²) in [5.74, 6) is 0. The molecular formula is C19H30N4O5S. The van der Waals surface area contributed by atoms with Crippen LogP contribution in [0.25, 0.3) is 10.2 Å². The Kier molecular flexibility index (Phi) is 7.39. The maximum atomic E-state index is 13.0. The molecule has 2 N–H and O–H groups in total. The minimum Gasteiger partial charge on any atom is -0.383 e. The molecule has 0 radical (unpaired) electrons. The molecule has 2 aromatic rings. The molecule has 162 valence electrons. The van der Waals surface area contributed by atoms with Gasteiger partial charge in [-0.15, -0.1) is 11.3 Å². The van der Waals surface area contributed by atoms with E-state index in [0.29, 0.717) is 28.2 Å². The molecular weight excluding hydrogens is 396 g/mol. The Morgan fingerprint density at radius 3 is 2.52 bits per heavy atom. The van der Waals surface area contributed by atoms with E-state index in [9.17, 15) is 14.7 Å². The molecule has 0 amide bonds. The second-order valence-electron chi connectivity index (χ2n) is 7.94. The zero-order valence-electron chi connectivity index (χ0n) is 18.0. The van der Waals surface area contributed by atoms with Crippen molar-refractivity contribution in [2.45, 2.75) is 66.1 Å². The van der Waals surface area contributed by atoms with Crippen LogP contribution in [-0.4, -0.2) is 46.2 Å². The summed E-state index contributed by atoms with van der Waals surface area (Å²) in [6, 6.07) is -0.268. The number of thiophene rings is 1. The number of hydrogen-bond donors (Lipinski definition) is 2. The second-order valence-corrected chi connectivity index (χ2v) is 8.97. The quantitative estimate of drug-likeness (QED) is 0.379. The lowest BCUT2D eigenvalue weighted by Crippen LogP contribution is -2.41. The molecule has 10 heteroatoms. The third-order valence-electron chi connectivity index (χ3n) is 4.15. The fourth-order valence-corrected chi connectivity index (χ4v) is 4.05. The van der Waals surface area contributed by atoms with Crippen molar-refractivity contribution in [2.75, 3.05) is 13.7 Å². The number of nitrogens with one attached hydrogen (secondary N) is 1. The number of methoxy groups -OCH3 is 1. The topological polar surface area (TPSA) is 107 Å². The Morgan fingerprint density at radius 2 is 1.97 bits per heavy atom. The van der Waals surface area contributed by atoms with E-state index in [0.717, 1.165) is 5.56 Å². The van der Waals surface area contributed by atoms with Crippen molar-refractivity contribution < 1.29 is 14.6 Å². The van der Waals surface area contributed by atoms with Gasteiger partial charge in [-0.2, -0.15) is 5.10 Å². The van der Waals surface area contributed by atoms with Crippen LogP contribution >= 0.6 is 11.3 Å². The summed E-state index contributed by atoms with van der Waals surface area (Å²) in [4.78, 5) is 27.2. The Balaban J connectivity index is 2.51. The van der Waals surface area contributed by atoms with E-state index < -0.39 is 12.0 Å². The third-order valence-corrected chi connectivity index (χ3v) is 5.40. The van der Waals surface area contributed by atoms with Crippen LogP contribution in [0.4, 0.5) is 0 Å². The number of fused-ring (bicyclic) bond motifs is 1. The molecule has 0 aliphatic heterocycles. The van der Waals surface area contributed by atoms with Gasteiger partial charge in [-0.3, -0.25) is 19.4 Å². The van der Waals surface area contributed by atoms with Crippen LogP contribution in [0.2, 0.25) is 0 Å². The first-order chi connectivity index (χ1) is 13.5. The predicted octanol–water partition coefficient (Wildman–Crippen LogP) is 1.77. The largest absolute Gasteiger partial charge is 0.383 e. The summed E-state index contributed by atoms with van der Waals surface area (Å²) in [5, 5.41) is 14.4.